The van der Waals surface area contributed by atoms with Crippen LogP contribution in [0.1, 0.15) is 30.9 Å². The topological polar surface area (TPSA) is 109 Å². The Morgan fingerprint density at radius 3 is 2.63 bits per heavy atom. The van der Waals surface area contributed by atoms with Gasteiger partial charge in [-0.2, -0.15) is 0 Å². The SMILES string of the molecule is C=CCCOC(=O)[C@@H]1[C@@H]2CCC3(O2)C(C(=O)N(CC=C)CCN2CCOCC2)N([C@H](CO)c2ccccc2)C(=O)[C@H]13. The Kier molecular flexibility index (Phi) is 9.23. The number of morpholine rings is 1. The molecule has 5 rings (SSSR count). The molecule has 0 aromatic heterocycles. The van der Waals surface area contributed by atoms with E-state index < -0.39 is 41.6 Å². The van der Waals surface area contributed by atoms with Crippen LogP contribution in [0, 0.1) is 11.8 Å². The van der Waals surface area contributed by atoms with Crippen LogP contribution in [0.5, 0.6) is 0 Å². The number of hydrogen-bond donors (Lipinski definition) is 1. The minimum atomic E-state index is -1.18. The van der Waals surface area contributed by atoms with Gasteiger partial charge in [0.25, 0.3) is 0 Å². The van der Waals surface area contributed by atoms with Gasteiger partial charge in [-0.1, -0.05) is 42.5 Å². The number of fused-ring (bicyclic) bond motifs is 1. The van der Waals surface area contributed by atoms with Crippen LogP contribution in [0.2, 0.25) is 0 Å². The molecule has 2 bridgehead atoms. The highest BCUT2D eigenvalue weighted by molar-refractivity contribution is 5.98. The van der Waals surface area contributed by atoms with E-state index in [-0.39, 0.29) is 25.0 Å². The molecule has 222 valence electrons. The van der Waals surface area contributed by atoms with Gasteiger partial charge in [-0.3, -0.25) is 19.3 Å². The Balaban J connectivity index is 1.50. The molecule has 4 aliphatic rings. The highest BCUT2D eigenvalue weighted by atomic mass is 16.6. The number of aliphatic hydroxyl groups is 1. The number of carbonyl (C=O) groups excluding carboxylic acids is 3. The van der Waals surface area contributed by atoms with Crippen molar-refractivity contribution in [3.05, 3.63) is 61.2 Å². The van der Waals surface area contributed by atoms with E-state index in [1.165, 1.54) is 4.90 Å². The predicted molar refractivity (Wildman–Crippen MR) is 151 cm³/mol. The second-order valence-electron chi connectivity index (χ2n) is 11.2. The van der Waals surface area contributed by atoms with Crippen molar-refractivity contribution in [1.82, 2.24) is 14.7 Å². The molecular formula is C31H41N3O7. The van der Waals surface area contributed by atoms with Crippen molar-refractivity contribution in [2.24, 2.45) is 11.8 Å². The number of ether oxygens (including phenoxy) is 3. The summed E-state index contributed by atoms with van der Waals surface area (Å²) in [5.41, 5.74) is -0.470. The van der Waals surface area contributed by atoms with Crippen molar-refractivity contribution in [3.8, 4) is 0 Å². The molecule has 10 nitrogen and oxygen atoms in total. The zero-order valence-corrected chi connectivity index (χ0v) is 23.6. The van der Waals surface area contributed by atoms with Gasteiger partial charge in [-0.15, -0.1) is 13.2 Å². The van der Waals surface area contributed by atoms with E-state index in [9.17, 15) is 19.5 Å². The Morgan fingerprint density at radius 2 is 1.95 bits per heavy atom. The molecule has 1 spiro atoms. The molecule has 2 unspecified atom stereocenters. The number of nitrogens with zero attached hydrogens (tertiary/aromatic N) is 3. The average Bonchev–Trinajstić information content (AvgIpc) is 3.64. The Hall–Kier alpha value is -3.05. The van der Waals surface area contributed by atoms with Crippen LogP contribution in [-0.4, -0.2) is 114 Å². The first-order valence-electron chi connectivity index (χ1n) is 14.6. The predicted octanol–water partition coefficient (Wildman–Crippen LogP) is 1.56. The van der Waals surface area contributed by atoms with Gasteiger partial charge in [-0.25, -0.2) is 0 Å². The van der Waals surface area contributed by atoms with Crippen molar-refractivity contribution < 1.29 is 33.7 Å². The van der Waals surface area contributed by atoms with E-state index in [4.69, 9.17) is 14.2 Å². The molecule has 4 aliphatic heterocycles. The number of aliphatic hydroxyl groups excluding tert-OH is 1. The third-order valence-electron chi connectivity index (χ3n) is 8.95. The Labute approximate surface area is 241 Å². The van der Waals surface area contributed by atoms with Crippen LogP contribution in [0.25, 0.3) is 0 Å². The molecule has 1 N–H and O–H groups in total. The van der Waals surface area contributed by atoms with Gasteiger partial charge in [0.2, 0.25) is 11.8 Å². The van der Waals surface area contributed by atoms with Gasteiger partial charge in [-0.05, 0) is 24.8 Å². The highest BCUT2D eigenvalue weighted by Gasteiger charge is 2.75. The molecule has 4 saturated heterocycles. The summed E-state index contributed by atoms with van der Waals surface area (Å²) in [6.45, 7) is 11.6. The summed E-state index contributed by atoms with van der Waals surface area (Å²) in [4.78, 5) is 47.8. The summed E-state index contributed by atoms with van der Waals surface area (Å²) >= 11 is 0. The summed E-state index contributed by atoms with van der Waals surface area (Å²) in [6.07, 6.45) is 4.37. The van der Waals surface area contributed by atoms with Crippen molar-refractivity contribution in [2.75, 3.05) is 59.2 Å². The van der Waals surface area contributed by atoms with Gasteiger partial charge >= 0.3 is 5.97 Å². The van der Waals surface area contributed by atoms with Crippen LogP contribution in [-0.2, 0) is 28.6 Å². The first kappa shape index (κ1) is 29.4. The van der Waals surface area contributed by atoms with Crippen LogP contribution in [0.3, 0.4) is 0 Å². The fourth-order valence-electron chi connectivity index (χ4n) is 7.05. The average molecular weight is 568 g/mol. The fraction of sp³-hybridized carbons (Fsp3) is 0.581. The summed E-state index contributed by atoms with van der Waals surface area (Å²) in [5.74, 6) is -2.78. The van der Waals surface area contributed by atoms with Crippen molar-refractivity contribution in [1.29, 1.82) is 0 Å². The molecule has 10 heteroatoms. The Morgan fingerprint density at radius 1 is 1.20 bits per heavy atom. The number of rotatable bonds is 13. The van der Waals surface area contributed by atoms with Gasteiger partial charge < -0.3 is 29.1 Å². The quantitative estimate of drug-likeness (QED) is 0.217. The van der Waals surface area contributed by atoms with Crippen LogP contribution >= 0.6 is 0 Å². The van der Waals surface area contributed by atoms with E-state index >= 15 is 0 Å². The molecule has 1 aromatic carbocycles. The number of amides is 2. The lowest BCUT2D eigenvalue weighted by Crippen LogP contribution is -2.58. The summed E-state index contributed by atoms with van der Waals surface area (Å²) < 4.78 is 17.5. The smallest absolute Gasteiger partial charge is 0.312 e. The lowest BCUT2D eigenvalue weighted by Gasteiger charge is -2.40. The van der Waals surface area contributed by atoms with E-state index in [2.05, 4.69) is 18.1 Å². The number of likely N-dealkylation sites (tertiary alicyclic amines) is 1. The van der Waals surface area contributed by atoms with E-state index in [0.29, 0.717) is 57.7 Å². The lowest BCUT2D eigenvalue weighted by molar-refractivity contribution is -0.156. The maximum absolute atomic E-state index is 14.6. The van der Waals surface area contributed by atoms with Gasteiger partial charge in [0.1, 0.15) is 11.6 Å². The Bertz CT molecular complexity index is 1120. The molecule has 0 radical (unpaired) electrons. The minimum absolute atomic E-state index is 0.170. The molecular weight excluding hydrogens is 526 g/mol. The zero-order valence-electron chi connectivity index (χ0n) is 23.6. The van der Waals surface area contributed by atoms with Crippen molar-refractivity contribution in [2.45, 2.75) is 43.1 Å². The second-order valence-corrected chi connectivity index (χ2v) is 11.2. The van der Waals surface area contributed by atoms with Crippen molar-refractivity contribution in [3.63, 3.8) is 0 Å². The standard InChI is InChI=1S/C31H41N3O7/c1-3-5-18-40-30(38)25-24-11-12-31(41-24)26(25)28(36)34(23(21-35)22-9-7-6-8-10-22)27(31)29(37)33(13-4-2)15-14-32-16-19-39-20-17-32/h3-4,6-10,23-27,35H,1-2,5,11-21H2/t23-,24+,25-,26+,27?,31?/m1/s1. The number of hydrogen-bond acceptors (Lipinski definition) is 8. The van der Waals surface area contributed by atoms with Crippen LogP contribution in [0.4, 0.5) is 0 Å². The highest BCUT2D eigenvalue weighted by Crippen LogP contribution is 2.60. The van der Waals surface area contributed by atoms with Gasteiger partial charge in [0.15, 0.2) is 0 Å². The summed E-state index contributed by atoms with van der Waals surface area (Å²) in [6, 6.07) is 7.42. The molecule has 4 fully saturated rings. The minimum Gasteiger partial charge on any atom is -0.465 e. The maximum atomic E-state index is 14.6. The second kappa shape index (κ2) is 12.9. The molecule has 1 aromatic rings. The van der Waals surface area contributed by atoms with E-state index in [1.807, 2.05) is 30.3 Å². The van der Waals surface area contributed by atoms with E-state index in [1.54, 1.807) is 17.1 Å². The van der Waals surface area contributed by atoms with Crippen molar-refractivity contribution >= 4 is 17.8 Å². The molecule has 4 heterocycles. The molecule has 2 amide bonds. The molecule has 6 atom stereocenters. The van der Waals surface area contributed by atoms with Gasteiger partial charge in [0.05, 0.1) is 50.4 Å². The monoisotopic (exact) mass is 567 g/mol. The molecule has 41 heavy (non-hydrogen) atoms. The lowest BCUT2D eigenvalue weighted by atomic mass is 9.70. The third-order valence-corrected chi connectivity index (χ3v) is 8.95. The summed E-state index contributed by atoms with van der Waals surface area (Å²) in [5, 5.41) is 10.6. The zero-order chi connectivity index (χ0) is 29.0. The number of benzene rings is 1. The number of carbonyl (C=O) groups is 3. The van der Waals surface area contributed by atoms with E-state index in [0.717, 1.165) is 13.1 Å². The summed E-state index contributed by atoms with van der Waals surface area (Å²) in [7, 11) is 0. The third kappa shape index (κ3) is 5.46. The molecule has 0 aliphatic carbocycles. The van der Waals surface area contributed by atoms with Crippen LogP contribution < -0.4 is 0 Å². The first-order valence-corrected chi connectivity index (χ1v) is 14.6. The molecule has 0 saturated carbocycles. The largest absolute Gasteiger partial charge is 0.465 e. The fourth-order valence-corrected chi connectivity index (χ4v) is 7.05. The maximum Gasteiger partial charge on any atom is 0.312 e. The number of esters is 1. The van der Waals surface area contributed by atoms with Crippen LogP contribution in [0.15, 0.2) is 55.6 Å². The van der Waals surface area contributed by atoms with Gasteiger partial charge in [0, 0.05) is 32.7 Å². The first-order chi connectivity index (χ1) is 20.0. The normalized spacial score (nSPS) is 29.7.